The maximum Gasteiger partial charge on any atom is 0.248 e. The van der Waals surface area contributed by atoms with Crippen molar-refractivity contribution in [2.45, 2.75) is 6.54 Å². The van der Waals surface area contributed by atoms with Crippen molar-refractivity contribution in [2.75, 3.05) is 7.05 Å². The zero-order chi connectivity index (χ0) is 10.8. The molecule has 80 valence electrons. The van der Waals surface area contributed by atoms with E-state index in [-0.39, 0.29) is 0 Å². The van der Waals surface area contributed by atoms with Gasteiger partial charge in [0.25, 0.3) is 0 Å². The molecule has 0 aliphatic rings. The van der Waals surface area contributed by atoms with Gasteiger partial charge in [-0.15, -0.1) is 0 Å². The summed E-state index contributed by atoms with van der Waals surface area (Å²) in [5, 5.41) is 7.87. The Hall–Kier alpha value is -1.33. The van der Waals surface area contributed by atoms with Gasteiger partial charge < -0.3 is 9.73 Å². The molecular formula is C9H11ClN4O. The summed E-state index contributed by atoms with van der Waals surface area (Å²) in [6, 6.07) is 0. The molecular weight excluding hydrogens is 216 g/mol. The fraction of sp³-hybridized carbons (Fsp3) is 0.333. The van der Waals surface area contributed by atoms with Crippen LogP contribution in [0, 0.1) is 0 Å². The Morgan fingerprint density at radius 3 is 3.00 bits per heavy atom. The summed E-state index contributed by atoms with van der Waals surface area (Å²) in [6.07, 6.45) is 3.07. The lowest BCUT2D eigenvalue weighted by atomic mass is 10.3. The van der Waals surface area contributed by atoms with Crippen molar-refractivity contribution in [3.05, 3.63) is 23.2 Å². The van der Waals surface area contributed by atoms with Gasteiger partial charge in [0, 0.05) is 13.6 Å². The molecule has 5 nitrogen and oxygen atoms in total. The minimum atomic E-state index is 0.443. The van der Waals surface area contributed by atoms with E-state index < -0.39 is 0 Å². The number of hydrogen-bond acceptors (Lipinski definition) is 4. The van der Waals surface area contributed by atoms with Crippen LogP contribution in [0.25, 0.3) is 11.6 Å². The molecule has 0 atom stereocenters. The van der Waals surface area contributed by atoms with E-state index in [2.05, 4.69) is 15.4 Å². The Kier molecular flexibility index (Phi) is 2.75. The van der Waals surface area contributed by atoms with Crippen molar-refractivity contribution in [3.8, 4) is 11.6 Å². The van der Waals surface area contributed by atoms with Crippen LogP contribution in [0.5, 0.6) is 0 Å². The molecule has 0 bridgehead atoms. The molecule has 15 heavy (non-hydrogen) atoms. The molecule has 0 unspecified atom stereocenters. The first-order valence-electron chi connectivity index (χ1n) is 4.50. The minimum absolute atomic E-state index is 0.443. The topological polar surface area (TPSA) is 55.9 Å². The van der Waals surface area contributed by atoms with E-state index in [1.54, 1.807) is 10.9 Å². The van der Waals surface area contributed by atoms with E-state index in [0.29, 0.717) is 23.2 Å². The summed E-state index contributed by atoms with van der Waals surface area (Å²) >= 11 is 6.18. The zero-order valence-corrected chi connectivity index (χ0v) is 9.25. The third-order valence-corrected chi connectivity index (χ3v) is 2.48. The molecule has 0 aromatic carbocycles. The molecule has 0 fully saturated rings. The lowest BCUT2D eigenvalue weighted by Gasteiger charge is -1.99. The van der Waals surface area contributed by atoms with Gasteiger partial charge in [-0.1, -0.05) is 11.6 Å². The fourth-order valence-electron chi connectivity index (χ4n) is 1.37. The van der Waals surface area contributed by atoms with Crippen LogP contribution in [0.3, 0.4) is 0 Å². The number of aryl methyl sites for hydroxylation is 1. The van der Waals surface area contributed by atoms with E-state index in [1.807, 2.05) is 14.1 Å². The average molecular weight is 227 g/mol. The molecule has 0 radical (unpaired) electrons. The second-order valence-corrected chi connectivity index (χ2v) is 3.48. The van der Waals surface area contributed by atoms with E-state index in [0.717, 1.165) is 5.69 Å². The van der Waals surface area contributed by atoms with E-state index in [1.165, 1.54) is 6.26 Å². The highest BCUT2D eigenvalue weighted by Gasteiger charge is 2.17. The van der Waals surface area contributed by atoms with Gasteiger partial charge in [-0.2, -0.15) is 5.10 Å². The SMILES string of the molecule is CNCc1c(Cl)c(-c2ncco2)nn1C. The maximum atomic E-state index is 6.18. The second-order valence-electron chi connectivity index (χ2n) is 3.10. The zero-order valence-electron chi connectivity index (χ0n) is 8.49. The van der Waals surface area contributed by atoms with Gasteiger partial charge in [-0.3, -0.25) is 4.68 Å². The van der Waals surface area contributed by atoms with Crippen LogP contribution in [0.1, 0.15) is 5.69 Å². The molecule has 0 amide bonds. The Balaban J connectivity index is 2.46. The highest BCUT2D eigenvalue weighted by atomic mass is 35.5. The van der Waals surface area contributed by atoms with Gasteiger partial charge in [-0.25, -0.2) is 4.98 Å². The van der Waals surface area contributed by atoms with Crippen molar-refractivity contribution < 1.29 is 4.42 Å². The van der Waals surface area contributed by atoms with Gasteiger partial charge in [0.2, 0.25) is 5.89 Å². The van der Waals surface area contributed by atoms with Crippen LogP contribution in [0.4, 0.5) is 0 Å². The van der Waals surface area contributed by atoms with Gasteiger partial charge in [0.05, 0.1) is 16.9 Å². The van der Waals surface area contributed by atoms with Crippen LogP contribution in [-0.2, 0) is 13.6 Å². The van der Waals surface area contributed by atoms with Crippen molar-refractivity contribution >= 4 is 11.6 Å². The van der Waals surface area contributed by atoms with Crippen LogP contribution < -0.4 is 5.32 Å². The maximum absolute atomic E-state index is 6.18. The first-order chi connectivity index (χ1) is 7.24. The predicted octanol–water partition coefficient (Wildman–Crippen LogP) is 1.45. The number of nitrogens with one attached hydrogen (secondary N) is 1. The normalized spacial score (nSPS) is 10.9. The lowest BCUT2D eigenvalue weighted by Crippen LogP contribution is -2.09. The third kappa shape index (κ3) is 1.75. The monoisotopic (exact) mass is 226 g/mol. The Morgan fingerprint density at radius 2 is 2.40 bits per heavy atom. The molecule has 0 aliphatic carbocycles. The van der Waals surface area contributed by atoms with E-state index in [9.17, 15) is 0 Å². The molecule has 2 heterocycles. The molecule has 2 aromatic rings. The number of aromatic nitrogens is 3. The number of hydrogen-bond donors (Lipinski definition) is 1. The fourth-order valence-corrected chi connectivity index (χ4v) is 1.68. The number of rotatable bonds is 3. The van der Waals surface area contributed by atoms with Crippen LogP contribution in [-0.4, -0.2) is 21.8 Å². The highest BCUT2D eigenvalue weighted by Crippen LogP contribution is 2.28. The lowest BCUT2D eigenvalue weighted by molar-refractivity contribution is 0.569. The third-order valence-electron chi connectivity index (χ3n) is 2.08. The molecule has 0 spiro atoms. The molecule has 2 rings (SSSR count). The van der Waals surface area contributed by atoms with Gasteiger partial charge in [0.1, 0.15) is 6.26 Å². The van der Waals surface area contributed by atoms with E-state index >= 15 is 0 Å². The average Bonchev–Trinajstić information content (AvgIpc) is 2.81. The second kappa shape index (κ2) is 4.04. The number of halogens is 1. The molecule has 0 saturated carbocycles. The van der Waals surface area contributed by atoms with Crippen LogP contribution in [0.15, 0.2) is 16.9 Å². The first-order valence-corrected chi connectivity index (χ1v) is 4.87. The summed E-state index contributed by atoms with van der Waals surface area (Å²) < 4.78 is 6.88. The van der Waals surface area contributed by atoms with Crippen LogP contribution in [0.2, 0.25) is 5.02 Å². The van der Waals surface area contributed by atoms with Crippen molar-refractivity contribution in [1.29, 1.82) is 0 Å². The molecule has 6 heteroatoms. The van der Waals surface area contributed by atoms with Gasteiger partial charge in [-0.05, 0) is 7.05 Å². The summed E-state index contributed by atoms with van der Waals surface area (Å²) in [6.45, 7) is 0.656. The number of oxazole rings is 1. The molecule has 1 N–H and O–H groups in total. The van der Waals surface area contributed by atoms with Gasteiger partial charge in [0.15, 0.2) is 5.69 Å². The summed E-state index contributed by atoms with van der Waals surface area (Å²) in [4.78, 5) is 4.01. The quantitative estimate of drug-likeness (QED) is 0.861. The molecule has 0 saturated heterocycles. The van der Waals surface area contributed by atoms with Crippen molar-refractivity contribution in [1.82, 2.24) is 20.1 Å². The Morgan fingerprint density at radius 1 is 1.60 bits per heavy atom. The Labute approximate surface area is 92.1 Å². The summed E-state index contributed by atoms with van der Waals surface area (Å²) in [5.41, 5.74) is 1.49. The van der Waals surface area contributed by atoms with Crippen molar-refractivity contribution in [3.63, 3.8) is 0 Å². The van der Waals surface area contributed by atoms with Crippen LogP contribution >= 0.6 is 11.6 Å². The number of nitrogens with zero attached hydrogens (tertiary/aromatic N) is 3. The summed E-state index contributed by atoms with van der Waals surface area (Å²) in [5.74, 6) is 0.443. The van der Waals surface area contributed by atoms with Gasteiger partial charge >= 0.3 is 0 Å². The van der Waals surface area contributed by atoms with Crippen molar-refractivity contribution in [2.24, 2.45) is 7.05 Å². The molecule has 0 aliphatic heterocycles. The predicted molar refractivity (Wildman–Crippen MR) is 56.5 cm³/mol. The Bertz CT molecular complexity index is 449. The standard InChI is InChI=1S/C9H11ClN4O/c1-11-5-6-7(10)8(13-14(6)2)9-12-3-4-15-9/h3-4,11H,5H2,1-2H3. The smallest absolute Gasteiger partial charge is 0.248 e. The minimum Gasteiger partial charge on any atom is -0.443 e. The summed E-state index contributed by atoms with van der Waals surface area (Å²) in [7, 11) is 3.69. The molecule has 2 aromatic heterocycles. The highest BCUT2D eigenvalue weighted by molar-refractivity contribution is 6.33. The van der Waals surface area contributed by atoms with E-state index in [4.69, 9.17) is 16.0 Å². The largest absolute Gasteiger partial charge is 0.443 e. The first kappa shape index (κ1) is 10.2.